The summed E-state index contributed by atoms with van der Waals surface area (Å²) < 4.78 is 29.2. The van der Waals surface area contributed by atoms with E-state index in [2.05, 4.69) is 89.9 Å². The van der Waals surface area contributed by atoms with Crippen LogP contribution in [0.1, 0.15) is 0 Å². The van der Waals surface area contributed by atoms with E-state index in [-0.39, 0.29) is 0 Å². The number of ether oxygens (including phenoxy) is 2. The summed E-state index contributed by atoms with van der Waals surface area (Å²) in [6.07, 6.45) is 1.64. The zero-order valence-electron chi connectivity index (χ0n) is 28.0. The van der Waals surface area contributed by atoms with Crippen LogP contribution in [-0.2, 0) is 22.9 Å². The summed E-state index contributed by atoms with van der Waals surface area (Å²) in [4.78, 5) is 32.6. The zero-order chi connectivity index (χ0) is 35.1. The van der Waals surface area contributed by atoms with Gasteiger partial charge in [0.05, 0.1) is 17.4 Å². The van der Waals surface area contributed by atoms with E-state index in [1.807, 2.05) is 45.5 Å². The Morgan fingerprint density at radius 2 is 1.29 bits per heavy atom. The first-order valence-corrected chi connectivity index (χ1v) is 24.0. The second kappa shape index (κ2) is 16.5. The zero-order valence-corrected chi connectivity index (χ0v) is 32.5. The Kier molecular flexibility index (Phi) is 12.9. The van der Waals surface area contributed by atoms with Gasteiger partial charge in [-0.05, 0) is 52.3 Å². The van der Waals surface area contributed by atoms with Gasteiger partial charge in [0.1, 0.15) is 24.6 Å². The maximum absolute atomic E-state index is 12.1. The van der Waals surface area contributed by atoms with Gasteiger partial charge in [-0.15, -0.1) is 0 Å². The summed E-state index contributed by atoms with van der Waals surface area (Å²) in [6, 6.07) is 17.2. The molecule has 2 aromatic carbocycles. The van der Waals surface area contributed by atoms with Crippen molar-refractivity contribution in [3.8, 4) is 0 Å². The fourth-order valence-corrected chi connectivity index (χ4v) is 6.72. The molecule has 0 N–H and O–H groups in total. The van der Waals surface area contributed by atoms with Gasteiger partial charge in [-0.25, -0.2) is 19.6 Å². The van der Waals surface area contributed by atoms with Crippen LogP contribution in [0.4, 0.5) is 0 Å². The van der Waals surface area contributed by atoms with Crippen molar-refractivity contribution in [2.24, 2.45) is 4.30 Å². The molecule has 4 heterocycles. The topological polar surface area (TPSA) is 127 Å². The standard InChI is InChI=1S/C16H19BrN2O3Si.C16H20N2O3Si.BHNS/c1-23(2,3)9-8-21-10-19-14-11-6-4-5-7-12(11)22-15(20)13(14)18-16(19)17;1-22(2,3)9-8-20-11-18-10-17-14-15(18)12-6-4-5-7-13(12)21-16(14)19;1-2-3/h4-7H,8-10H2,1-3H3;4-7,10H,8-9,11H2,1-3H3;3H. The molecule has 253 valence electrons. The third-order valence-corrected chi connectivity index (χ3v) is 11.3. The van der Waals surface area contributed by atoms with E-state index < -0.39 is 27.4 Å². The van der Waals surface area contributed by atoms with Crippen LogP contribution in [0.15, 0.2) is 82.3 Å². The summed E-state index contributed by atoms with van der Waals surface area (Å²) in [6.45, 7) is 16.1. The minimum absolute atomic E-state index is 0.323. The number of aromatic nitrogens is 4. The van der Waals surface area contributed by atoms with E-state index >= 15 is 0 Å². The van der Waals surface area contributed by atoms with Gasteiger partial charge < -0.3 is 22.9 Å². The fraction of sp³-hybridized carbons (Fsp3) is 0.375. The van der Waals surface area contributed by atoms with Gasteiger partial charge in [0.15, 0.2) is 15.8 Å². The van der Waals surface area contributed by atoms with Crippen LogP contribution in [0, 0.1) is 0 Å². The number of halogens is 1. The van der Waals surface area contributed by atoms with Gasteiger partial charge in [0.2, 0.25) is 0 Å². The van der Waals surface area contributed by atoms with Crippen LogP contribution < -0.4 is 11.3 Å². The number of rotatable bonds is 10. The van der Waals surface area contributed by atoms with Crippen molar-refractivity contribution in [1.29, 1.82) is 0 Å². The van der Waals surface area contributed by atoms with Crippen LogP contribution >= 0.6 is 28.7 Å². The van der Waals surface area contributed by atoms with E-state index in [0.717, 1.165) is 40.5 Å². The molecule has 0 atom stereocenters. The SMILES string of the molecule is C[Si](C)(C)CCOCn1c(Br)nc2c(=O)oc3ccccc3c21.C[Si](C)(C)CCOCn1cnc2c(=O)oc3ccccc3c21.[B]=NS. The third-order valence-electron chi connectivity index (χ3n) is 7.28. The molecule has 11 nitrogen and oxygen atoms in total. The number of imidazole rings is 2. The Labute approximate surface area is 295 Å². The Balaban J connectivity index is 0.000000201. The molecule has 0 aliphatic carbocycles. The predicted octanol–water partition coefficient (Wildman–Crippen LogP) is 7.86. The first-order chi connectivity index (χ1) is 22.7. The van der Waals surface area contributed by atoms with Gasteiger partial charge in [-0.2, -0.15) is 0 Å². The number of para-hydroxylation sites is 2. The number of fused-ring (bicyclic) bond motifs is 6. The van der Waals surface area contributed by atoms with Crippen LogP contribution in [-0.4, -0.2) is 56.1 Å². The van der Waals surface area contributed by atoms with Crippen molar-refractivity contribution < 1.29 is 18.3 Å². The van der Waals surface area contributed by atoms with Crippen molar-refractivity contribution in [3.05, 3.63) is 80.4 Å². The fourth-order valence-electron chi connectivity index (χ4n) is 4.75. The molecule has 0 aliphatic rings. The minimum atomic E-state index is -1.13. The van der Waals surface area contributed by atoms with Crippen molar-refractivity contribution >= 4 is 96.5 Å². The van der Waals surface area contributed by atoms with Gasteiger partial charge in [0, 0.05) is 40.1 Å². The second-order valence-electron chi connectivity index (χ2n) is 13.5. The molecule has 6 rings (SSSR count). The molecule has 0 saturated heterocycles. The molecule has 0 spiro atoms. The van der Waals surface area contributed by atoms with E-state index in [4.69, 9.17) is 18.3 Å². The van der Waals surface area contributed by atoms with Gasteiger partial charge >= 0.3 is 36.0 Å². The number of hydrogen-bond donors (Lipinski definition) is 1. The van der Waals surface area contributed by atoms with Crippen molar-refractivity contribution in [1.82, 2.24) is 19.1 Å². The molecule has 48 heavy (non-hydrogen) atoms. The quantitative estimate of drug-likeness (QED) is 0.0646. The molecule has 0 aliphatic heterocycles. The number of benzene rings is 2. The Morgan fingerprint density at radius 3 is 1.83 bits per heavy atom. The Hall–Kier alpha value is -3.15. The maximum atomic E-state index is 12.1. The van der Waals surface area contributed by atoms with E-state index in [9.17, 15) is 9.59 Å². The van der Waals surface area contributed by atoms with Crippen molar-refractivity contribution in [3.63, 3.8) is 0 Å². The van der Waals surface area contributed by atoms with E-state index in [0.29, 0.717) is 47.0 Å². The molecule has 0 amide bonds. The number of hydrogen-bond acceptors (Lipinski definition) is 10. The van der Waals surface area contributed by atoms with Crippen molar-refractivity contribution in [2.45, 2.75) is 64.8 Å². The molecule has 0 saturated carbocycles. The average molecular weight is 770 g/mol. The summed E-state index contributed by atoms with van der Waals surface area (Å²) in [5, 5.41) is 1.73. The molecule has 16 heteroatoms. The normalized spacial score (nSPS) is 11.8. The van der Waals surface area contributed by atoms with E-state index in [1.165, 1.54) is 0 Å². The van der Waals surface area contributed by atoms with Crippen LogP contribution in [0.3, 0.4) is 0 Å². The van der Waals surface area contributed by atoms with Crippen LogP contribution in [0.25, 0.3) is 44.0 Å². The first-order valence-electron chi connectivity index (χ1n) is 15.4. The third kappa shape index (κ3) is 9.72. The van der Waals surface area contributed by atoms with Crippen LogP contribution in [0.5, 0.6) is 0 Å². The molecule has 0 unspecified atom stereocenters. The van der Waals surface area contributed by atoms with Gasteiger partial charge in [-0.1, -0.05) is 63.5 Å². The van der Waals surface area contributed by atoms with Gasteiger partial charge in [-0.3, -0.25) is 4.57 Å². The second-order valence-corrected chi connectivity index (χ2v) is 25.7. The molecule has 4 aromatic heterocycles. The predicted molar refractivity (Wildman–Crippen MR) is 205 cm³/mol. The molecule has 1 radical (unpaired) electrons. The summed E-state index contributed by atoms with van der Waals surface area (Å²) in [7, 11) is 2.11. The van der Waals surface area contributed by atoms with Gasteiger partial charge in [0.25, 0.3) is 0 Å². The molecule has 0 fully saturated rings. The summed E-state index contributed by atoms with van der Waals surface area (Å²) in [5.41, 5.74) is 2.49. The summed E-state index contributed by atoms with van der Waals surface area (Å²) in [5.74, 6) is 0. The monoisotopic (exact) mass is 768 g/mol. The first kappa shape index (κ1) is 37.7. The molecule has 0 bridgehead atoms. The number of thiol groups is 1. The van der Waals surface area contributed by atoms with E-state index in [1.54, 1.807) is 18.5 Å². The summed E-state index contributed by atoms with van der Waals surface area (Å²) >= 11 is 6.61. The molecule has 6 aromatic rings. The number of nitrogens with zero attached hydrogens (tertiary/aromatic N) is 5. The van der Waals surface area contributed by atoms with Crippen molar-refractivity contribution in [2.75, 3.05) is 13.2 Å². The molecular formula is C32H40BBrN5O6SSi2. The van der Waals surface area contributed by atoms with Crippen LogP contribution in [0.2, 0.25) is 51.4 Å². The Morgan fingerprint density at radius 1 is 0.812 bits per heavy atom. The average Bonchev–Trinajstić information content (AvgIpc) is 3.60. The molecular weight excluding hydrogens is 729 g/mol. The Bertz CT molecular complexity index is 2140.